The number of aryl methyl sites for hydroxylation is 4. The van der Waals surface area contributed by atoms with E-state index in [-0.39, 0.29) is 71.6 Å². The Balaban J connectivity index is 0.000000129. The number of nitrogens with zero attached hydrogens (tertiary/aromatic N) is 28. The highest BCUT2D eigenvalue weighted by atomic mass is 19.1. The van der Waals surface area contributed by atoms with Crippen molar-refractivity contribution in [2.24, 2.45) is 23.7 Å². The third-order valence-corrected chi connectivity index (χ3v) is 27.8. The number of nitrogen functional groups attached to an aromatic ring is 4. The molecule has 0 unspecified atom stereocenters. The van der Waals surface area contributed by atoms with Crippen LogP contribution in [0.1, 0.15) is 203 Å². The number of fused-ring (bicyclic) bond motifs is 12. The smallest absolute Gasteiger partial charge is 0.223 e. The van der Waals surface area contributed by atoms with Crippen LogP contribution < -0.4 is 61.5 Å². The van der Waals surface area contributed by atoms with E-state index in [1.165, 1.54) is 95.0 Å². The van der Waals surface area contributed by atoms with Gasteiger partial charge in [0.2, 0.25) is 23.8 Å². The van der Waals surface area contributed by atoms with E-state index in [1.807, 2.05) is 98.9 Å². The van der Waals surface area contributed by atoms with Crippen LogP contribution in [0, 0.1) is 74.6 Å². The monoisotopic (exact) mass is 1930 g/mol. The Morgan fingerprint density at radius 3 is 0.671 bits per heavy atom. The molecule has 4 aliphatic heterocycles. The number of rotatable bonds is 20. The summed E-state index contributed by atoms with van der Waals surface area (Å²) in [5.41, 5.74) is 36.3. The Kier molecular flexibility index (Phi) is 27.3. The summed E-state index contributed by atoms with van der Waals surface area (Å²) in [4.78, 5) is 46.1. The lowest BCUT2D eigenvalue weighted by Crippen LogP contribution is -2.39. The first-order valence-electron chi connectivity index (χ1n) is 47.4. The summed E-state index contributed by atoms with van der Waals surface area (Å²) in [5.74, 6) is 4.43. The number of aliphatic hydroxyl groups is 4. The zero-order chi connectivity index (χ0) is 100. The zero-order valence-corrected chi connectivity index (χ0v) is 82.4. The molecule has 4 aliphatic rings. The highest BCUT2D eigenvalue weighted by molar-refractivity contribution is 5.99. The van der Waals surface area contributed by atoms with Gasteiger partial charge < -0.3 is 81.9 Å². The Morgan fingerprint density at radius 1 is 0.300 bits per heavy atom. The average Bonchev–Trinajstić information content (AvgIpc) is 1.61. The highest BCUT2D eigenvalue weighted by Gasteiger charge is 2.39. The van der Waals surface area contributed by atoms with Crippen LogP contribution in [0.25, 0.3) is 66.2 Å². The van der Waals surface area contributed by atoms with Crippen molar-refractivity contribution in [3.63, 3.8) is 0 Å². The second kappa shape index (κ2) is 39.1. The largest absolute Gasteiger partial charge is 0.494 e. The van der Waals surface area contributed by atoms with Gasteiger partial charge in [-0.05, 0) is 157 Å². The molecule has 0 bridgehead atoms. The van der Waals surface area contributed by atoms with Gasteiger partial charge in [-0.2, -0.15) is 38.5 Å². The van der Waals surface area contributed by atoms with Crippen LogP contribution >= 0.6 is 0 Å². The molecule has 0 spiro atoms. The summed E-state index contributed by atoms with van der Waals surface area (Å²) in [6.45, 7) is 38.0. The third kappa shape index (κ3) is 19.1. The number of ether oxygens (including phenoxy) is 4. The quantitative estimate of drug-likeness (QED) is 0.0329. The number of aromatic nitrogens is 24. The highest BCUT2D eigenvalue weighted by Crippen LogP contribution is 2.43. The number of benzene rings is 4. The maximum Gasteiger partial charge on any atom is 0.223 e. The van der Waals surface area contributed by atoms with E-state index in [4.69, 9.17) is 61.8 Å². The topological polar surface area (TPSA) is 478 Å². The van der Waals surface area contributed by atoms with Crippen LogP contribution in [0.5, 0.6) is 23.0 Å². The molecule has 4 saturated heterocycles. The lowest BCUT2D eigenvalue weighted by Gasteiger charge is -2.36. The predicted molar refractivity (Wildman–Crippen MR) is 525 cm³/mol. The minimum Gasteiger partial charge on any atom is -0.494 e. The molecular weight excluding hydrogens is 1810 g/mol. The van der Waals surface area contributed by atoms with E-state index in [9.17, 15) is 38.0 Å². The van der Waals surface area contributed by atoms with Gasteiger partial charge in [0.05, 0.1) is 144 Å². The van der Waals surface area contributed by atoms with Crippen molar-refractivity contribution in [2.75, 3.05) is 123 Å². The van der Waals surface area contributed by atoms with Crippen LogP contribution in [0.2, 0.25) is 0 Å². The van der Waals surface area contributed by atoms with E-state index >= 15 is 0 Å². The van der Waals surface area contributed by atoms with Crippen LogP contribution in [0.15, 0.2) is 73.3 Å². The summed E-state index contributed by atoms with van der Waals surface area (Å²) in [7, 11) is 5.87. The van der Waals surface area contributed by atoms with Gasteiger partial charge in [-0.15, -0.1) is 20.4 Å². The molecule has 4 fully saturated rings. The van der Waals surface area contributed by atoms with Crippen LogP contribution in [0.3, 0.4) is 0 Å². The van der Waals surface area contributed by atoms with Crippen molar-refractivity contribution in [1.82, 2.24) is 117 Å². The van der Waals surface area contributed by atoms with E-state index in [1.54, 1.807) is 27.7 Å². The molecule has 4 aromatic carbocycles. The van der Waals surface area contributed by atoms with Crippen LogP contribution in [-0.4, -0.2) is 243 Å². The fourth-order valence-corrected chi connectivity index (χ4v) is 19.8. The summed E-state index contributed by atoms with van der Waals surface area (Å²) < 4.78 is 91.6. The molecule has 16 atom stereocenters. The van der Waals surface area contributed by atoms with Crippen molar-refractivity contribution in [2.45, 2.75) is 209 Å². The van der Waals surface area contributed by atoms with Crippen LogP contribution in [0.4, 0.5) is 64.1 Å². The van der Waals surface area contributed by atoms with Crippen molar-refractivity contribution >= 4 is 113 Å². The molecule has 40 nitrogen and oxygen atoms in total. The van der Waals surface area contributed by atoms with E-state index in [0.29, 0.717) is 162 Å². The zero-order valence-electron chi connectivity index (χ0n) is 82.4. The van der Waals surface area contributed by atoms with Crippen molar-refractivity contribution in [3.05, 3.63) is 143 Å². The first-order chi connectivity index (χ1) is 66.6. The minimum absolute atomic E-state index is 0.0421. The number of halogens is 4. The van der Waals surface area contributed by atoms with Crippen molar-refractivity contribution in [3.8, 4) is 23.0 Å². The number of methoxy groups -OCH3 is 4. The first-order valence-corrected chi connectivity index (χ1v) is 47.4. The van der Waals surface area contributed by atoms with Gasteiger partial charge in [0.25, 0.3) is 0 Å². The van der Waals surface area contributed by atoms with E-state index in [2.05, 4.69) is 108 Å². The molecule has 16 heterocycles. The summed E-state index contributed by atoms with van der Waals surface area (Å²) in [6.07, 6.45) is 9.64. The SMILES string of the molecule is COc1cc(F)cc2c1nc(N)n1nc([C@@H]3C[C@H](C)CN(c4cn([C@@H](C)[C@H](C)O)nc4C)C3)nc21.COc1cc(F)cc2c1nc(N)n1nc([C@@H]3C[C@H](C)CN(c4cn([C@H](C)[C@@H](C)O)nc4C)C3)nc21.COc1cc(F)cc2c1nc(N)n1nc([C@H]3C[C@@H](C)CN(c4cn([C@@H](C)[C@H](C)O)nc4C)C3)nc21.COc1cc(F)cc2c1nc(N)n1nc([C@H]3C[C@@H](C)CN(c4cn([C@H](C)[C@@H](C)O)nc4C)C3)nc21. The Hall–Kier alpha value is -13.9. The molecule has 0 saturated carbocycles. The molecule has 16 aromatic rings. The summed E-state index contributed by atoms with van der Waals surface area (Å²) in [6, 6.07) is 10.2. The summed E-state index contributed by atoms with van der Waals surface area (Å²) in [5, 5.41) is 79.3. The molecule has 0 radical (unpaired) electrons. The van der Waals surface area contributed by atoms with E-state index in [0.717, 1.165) is 97.4 Å². The fourth-order valence-electron chi connectivity index (χ4n) is 19.8. The molecule has 12 N–H and O–H groups in total. The average molecular weight is 1930 g/mol. The number of piperidine rings is 4. The van der Waals surface area contributed by atoms with Gasteiger partial charge in [-0.25, -0.2) is 57.4 Å². The molecule has 44 heteroatoms. The normalized spacial score (nSPS) is 20.5. The molecule has 744 valence electrons. The molecule has 12 aromatic heterocycles. The van der Waals surface area contributed by atoms with Gasteiger partial charge in [-0.3, -0.25) is 18.7 Å². The van der Waals surface area contributed by atoms with Gasteiger partial charge in [0.1, 0.15) is 68.3 Å². The molecule has 0 amide bonds. The van der Waals surface area contributed by atoms with Gasteiger partial charge in [0, 0.05) is 125 Å². The number of anilines is 8. The maximum absolute atomic E-state index is 14.3. The number of hydrogen-bond donors (Lipinski definition) is 8. The van der Waals surface area contributed by atoms with Gasteiger partial charge >= 0.3 is 0 Å². The minimum atomic E-state index is -0.505. The lowest BCUT2D eigenvalue weighted by atomic mass is 9.89. The standard InChI is InChI=1S/4C24H31FN8O2/c4*1-12-6-16(10-31(9-12)19-11-32(29-13(19)2)14(3)15(4)34)22-28-23-18-7-17(25)8-20(35-5)21(18)27-24(26)33(23)30-22/h4*7-8,11-12,14-16,34H,6,9-10H2,1-5H3,(H2,26,27)/t2*12-,14+,15+,16+;2*12-,14-,15-,16+/m1010/s1. The third-order valence-electron chi connectivity index (χ3n) is 27.8. The molecular formula is C96H124F4N32O8. The number of aliphatic hydroxyl groups excluding tert-OH is 4. The van der Waals surface area contributed by atoms with Crippen molar-refractivity contribution in [1.29, 1.82) is 0 Å². The second-order valence-corrected chi connectivity index (χ2v) is 38.7. The van der Waals surface area contributed by atoms with Crippen molar-refractivity contribution < 1.29 is 56.9 Å². The van der Waals surface area contributed by atoms with Gasteiger partial charge in [-0.1, -0.05) is 27.7 Å². The predicted octanol–water partition coefficient (Wildman–Crippen LogP) is 12.3. The summed E-state index contributed by atoms with van der Waals surface area (Å²) >= 11 is 0. The molecule has 0 aliphatic carbocycles. The first kappa shape index (κ1) is 97.8. The maximum atomic E-state index is 14.3. The number of nitrogens with two attached hydrogens (primary N) is 4. The Labute approximate surface area is 804 Å². The molecule has 140 heavy (non-hydrogen) atoms. The Morgan fingerprint density at radius 2 is 0.493 bits per heavy atom. The van der Waals surface area contributed by atoms with Crippen LogP contribution in [-0.2, 0) is 0 Å². The van der Waals surface area contributed by atoms with E-state index < -0.39 is 47.7 Å². The fraction of sp³-hybridized carbons (Fsp3) is 0.500. The lowest BCUT2D eigenvalue weighted by molar-refractivity contribution is 0.132. The second-order valence-electron chi connectivity index (χ2n) is 38.7. The number of hydrogen-bond acceptors (Lipinski definition) is 32. The molecule has 20 rings (SSSR count). The Bertz CT molecular complexity index is 6440. The van der Waals surface area contributed by atoms with Gasteiger partial charge in [0.15, 0.2) is 45.9 Å².